The molecule has 2 aliphatic heterocycles. The van der Waals surface area contributed by atoms with Gasteiger partial charge in [0.05, 0.1) is 19.1 Å². The molecule has 174 valence electrons. The van der Waals surface area contributed by atoms with E-state index in [9.17, 15) is 14.4 Å². The van der Waals surface area contributed by atoms with Gasteiger partial charge in [-0.1, -0.05) is 24.6 Å². The van der Waals surface area contributed by atoms with E-state index in [1.54, 1.807) is 16.7 Å². The molecule has 7 heteroatoms. The van der Waals surface area contributed by atoms with Crippen molar-refractivity contribution >= 4 is 17.8 Å². The summed E-state index contributed by atoms with van der Waals surface area (Å²) in [5.41, 5.74) is 0.791. The van der Waals surface area contributed by atoms with E-state index in [1.807, 2.05) is 31.2 Å². The molecule has 3 aliphatic rings. The highest BCUT2D eigenvalue weighted by Gasteiger charge is 2.54. The number of nitrogens with zero attached hydrogens (tertiary/aromatic N) is 2. The number of likely N-dealkylation sites (tertiary alicyclic amines) is 1. The van der Waals surface area contributed by atoms with Crippen LogP contribution in [0.25, 0.3) is 0 Å². The second-order valence-corrected chi connectivity index (χ2v) is 9.20. The molecule has 7 nitrogen and oxygen atoms in total. The first kappa shape index (κ1) is 22.8. The quantitative estimate of drug-likeness (QED) is 0.669. The number of aryl methyl sites for hydroxylation is 1. The Hall–Kier alpha value is -2.41. The summed E-state index contributed by atoms with van der Waals surface area (Å²) < 4.78 is 11.5. The van der Waals surface area contributed by atoms with Crippen molar-refractivity contribution in [3.8, 4) is 0 Å². The Morgan fingerprint density at radius 1 is 1.12 bits per heavy atom. The molecule has 1 aromatic carbocycles. The molecule has 0 N–H and O–H groups in total. The Labute approximate surface area is 190 Å². The third-order valence-corrected chi connectivity index (χ3v) is 7.13. The molecule has 0 radical (unpaired) electrons. The molecule has 4 rings (SSSR count). The average Bonchev–Trinajstić information content (AvgIpc) is 3.17. The number of rotatable bonds is 4. The standard InChI is InChI=1S/C25H34N2O5/c1-3-31-24(30)19-11-9-15-26(16-19)23(29)21-17-32-25(13-7-4-8-14-25)27(21)22(28)20-12-6-5-10-18(20)2/h5-6,10,12,19,21H,3-4,7-9,11,13-17H2,1-2H3/t19-,21+/m0/s1. The predicted octanol–water partition coefficient (Wildman–Crippen LogP) is 3.30. The maximum atomic E-state index is 13.8. The number of carbonyl (C=O) groups is 3. The van der Waals surface area contributed by atoms with Crippen molar-refractivity contribution in [3.63, 3.8) is 0 Å². The molecule has 1 aromatic rings. The monoisotopic (exact) mass is 442 g/mol. The number of carbonyl (C=O) groups excluding carboxylic acids is 3. The highest BCUT2D eigenvalue weighted by Crippen LogP contribution is 2.42. The van der Waals surface area contributed by atoms with E-state index in [0.717, 1.165) is 50.5 Å². The number of amides is 2. The molecule has 2 saturated heterocycles. The van der Waals surface area contributed by atoms with Gasteiger partial charge in [-0.15, -0.1) is 0 Å². The minimum Gasteiger partial charge on any atom is -0.466 e. The van der Waals surface area contributed by atoms with Gasteiger partial charge in [-0.2, -0.15) is 0 Å². The van der Waals surface area contributed by atoms with E-state index >= 15 is 0 Å². The van der Waals surface area contributed by atoms with E-state index in [1.165, 1.54) is 0 Å². The third-order valence-electron chi connectivity index (χ3n) is 7.13. The smallest absolute Gasteiger partial charge is 0.310 e. The lowest BCUT2D eigenvalue weighted by Gasteiger charge is -2.42. The summed E-state index contributed by atoms with van der Waals surface area (Å²) in [6, 6.07) is 6.85. The first-order valence-electron chi connectivity index (χ1n) is 12.0. The normalized spacial score (nSPS) is 25.1. The van der Waals surface area contributed by atoms with Crippen molar-refractivity contribution in [1.29, 1.82) is 0 Å². The van der Waals surface area contributed by atoms with Crippen LogP contribution >= 0.6 is 0 Å². The summed E-state index contributed by atoms with van der Waals surface area (Å²) in [6.07, 6.45) is 6.04. The molecule has 0 aromatic heterocycles. The zero-order chi connectivity index (χ0) is 22.7. The fraction of sp³-hybridized carbons (Fsp3) is 0.640. The largest absolute Gasteiger partial charge is 0.466 e. The van der Waals surface area contributed by atoms with Crippen LogP contribution in [0.2, 0.25) is 0 Å². The Morgan fingerprint density at radius 2 is 1.88 bits per heavy atom. The Balaban J connectivity index is 1.60. The predicted molar refractivity (Wildman–Crippen MR) is 119 cm³/mol. The first-order valence-corrected chi connectivity index (χ1v) is 12.0. The first-order chi connectivity index (χ1) is 15.5. The summed E-state index contributed by atoms with van der Waals surface area (Å²) in [4.78, 5) is 43.2. The molecule has 1 spiro atoms. The summed E-state index contributed by atoms with van der Waals surface area (Å²) in [5.74, 6) is -0.813. The van der Waals surface area contributed by atoms with Gasteiger partial charge in [0.2, 0.25) is 5.91 Å². The second kappa shape index (κ2) is 9.61. The van der Waals surface area contributed by atoms with Gasteiger partial charge in [-0.25, -0.2) is 0 Å². The van der Waals surface area contributed by atoms with Crippen LogP contribution in [0, 0.1) is 12.8 Å². The Morgan fingerprint density at radius 3 is 2.59 bits per heavy atom. The summed E-state index contributed by atoms with van der Waals surface area (Å²) in [7, 11) is 0. The molecule has 1 aliphatic carbocycles. The molecule has 2 heterocycles. The van der Waals surface area contributed by atoms with E-state index in [2.05, 4.69) is 0 Å². The molecule has 3 fully saturated rings. The lowest BCUT2D eigenvalue weighted by Crippen LogP contribution is -2.58. The number of piperidine rings is 1. The number of ether oxygens (including phenoxy) is 2. The maximum Gasteiger partial charge on any atom is 0.310 e. The van der Waals surface area contributed by atoms with Crippen molar-refractivity contribution in [3.05, 3.63) is 35.4 Å². The SMILES string of the molecule is CCOC(=O)[C@H]1CCCN(C(=O)[C@H]2COC3(CCCCC3)N2C(=O)c2ccccc2C)C1. The topological polar surface area (TPSA) is 76.2 Å². The van der Waals surface area contributed by atoms with Gasteiger partial charge >= 0.3 is 5.97 Å². The fourth-order valence-electron chi connectivity index (χ4n) is 5.44. The lowest BCUT2D eigenvalue weighted by molar-refractivity contribution is -0.152. The van der Waals surface area contributed by atoms with Crippen LogP contribution in [-0.4, -0.2) is 65.7 Å². The van der Waals surface area contributed by atoms with Gasteiger partial charge in [0.25, 0.3) is 5.91 Å². The van der Waals surface area contributed by atoms with Gasteiger partial charge < -0.3 is 14.4 Å². The highest BCUT2D eigenvalue weighted by atomic mass is 16.5. The molecule has 0 unspecified atom stereocenters. The maximum absolute atomic E-state index is 13.8. The van der Waals surface area contributed by atoms with Crippen molar-refractivity contribution in [1.82, 2.24) is 9.80 Å². The van der Waals surface area contributed by atoms with Crippen LogP contribution in [0.15, 0.2) is 24.3 Å². The van der Waals surface area contributed by atoms with Crippen LogP contribution in [0.3, 0.4) is 0 Å². The second-order valence-electron chi connectivity index (χ2n) is 9.20. The summed E-state index contributed by atoms with van der Waals surface area (Å²) >= 11 is 0. The molecular formula is C25H34N2O5. The van der Waals surface area contributed by atoms with Crippen molar-refractivity contribution < 1.29 is 23.9 Å². The zero-order valence-corrected chi connectivity index (χ0v) is 19.2. The highest BCUT2D eigenvalue weighted by molar-refractivity contribution is 5.99. The molecule has 2 amide bonds. The van der Waals surface area contributed by atoms with Gasteiger partial charge in [-0.05, 0) is 64.0 Å². The van der Waals surface area contributed by atoms with E-state index in [-0.39, 0.29) is 30.3 Å². The lowest BCUT2D eigenvalue weighted by atomic mass is 9.89. The van der Waals surface area contributed by atoms with E-state index < -0.39 is 11.8 Å². The molecule has 1 saturated carbocycles. The van der Waals surface area contributed by atoms with E-state index in [0.29, 0.717) is 25.3 Å². The zero-order valence-electron chi connectivity index (χ0n) is 19.2. The molecule has 2 atom stereocenters. The Kier molecular flexibility index (Phi) is 6.84. The minimum absolute atomic E-state index is 0.122. The van der Waals surface area contributed by atoms with Crippen molar-refractivity contribution in [2.45, 2.75) is 70.6 Å². The number of hydrogen-bond donors (Lipinski definition) is 0. The van der Waals surface area contributed by atoms with Gasteiger partial charge in [0.1, 0.15) is 11.8 Å². The third kappa shape index (κ3) is 4.27. The van der Waals surface area contributed by atoms with Crippen molar-refractivity contribution in [2.24, 2.45) is 5.92 Å². The van der Waals surface area contributed by atoms with Crippen molar-refractivity contribution in [2.75, 3.05) is 26.3 Å². The van der Waals surface area contributed by atoms with Crippen LogP contribution < -0.4 is 0 Å². The van der Waals surface area contributed by atoms with E-state index in [4.69, 9.17) is 9.47 Å². The summed E-state index contributed by atoms with van der Waals surface area (Å²) in [5, 5.41) is 0. The number of esters is 1. The molecule has 32 heavy (non-hydrogen) atoms. The average molecular weight is 443 g/mol. The molecular weight excluding hydrogens is 408 g/mol. The van der Waals surface area contributed by atoms with Crippen LogP contribution in [0.1, 0.15) is 67.8 Å². The minimum atomic E-state index is -0.714. The van der Waals surface area contributed by atoms with Gasteiger partial charge in [-0.3, -0.25) is 19.3 Å². The van der Waals surface area contributed by atoms with Crippen LogP contribution in [0.5, 0.6) is 0 Å². The van der Waals surface area contributed by atoms with Gasteiger partial charge in [0.15, 0.2) is 0 Å². The summed E-state index contributed by atoms with van der Waals surface area (Å²) in [6.45, 7) is 5.18. The van der Waals surface area contributed by atoms with Gasteiger partial charge in [0, 0.05) is 18.7 Å². The number of benzene rings is 1. The van der Waals surface area contributed by atoms with Crippen LogP contribution in [0.4, 0.5) is 0 Å². The molecule has 0 bridgehead atoms. The Bertz CT molecular complexity index is 864. The fourth-order valence-corrected chi connectivity index (χ4v) is 5.44. The number of hydrogen-bond acceptors (Lipinski definition) is 5. The van der Waals surface area contributed by atoms with Crippen LogP contribution in [-0.2, 0) is 19.1 Å².